The number of hydrogen-bond acceptors (Lipinski definition) is 3. The van der Waals surface area contributed by atoms with Crippen LogP contribution in [0.1, 0.15) is 38.3 Å². The number of allylic oxidation sites excluding steroid dienone is 4. The fourth-order valence-corrected chi connectivity index (χ4v) is 3.90. The minimum absolute atomic E-state index is 0.0766. The maximum Gasteiger partial charge on any atom is 0.234 e. The van der Waals surface area contributed by atoms with Crippen molar-refractivity contribution in [3.05, 3.63) is 52.6 Å². The van der Waals surface area contributed by atoms with Gasteiger partial charge in [0.05, 0.1) is 18.0 Å². The maximum absolute atomic E-state index is 12.3. The summed E-state index contributed by atoms with van der Waals surface area (Å²) in [6, 6.07) is 5.70. The largest absolute Gasteiger partial charge is 0.380 e. The van der Waals surface area contributed by atoms with Crippen LogP contribution in [0.2, 0.25) is 0 Å². The van der Waals surface area contributed by atoms with Crippen molar-refractivity contribution >= 4 is 27.3 Å². The first-order valence-corrected chi connectivity index (χ1v) is 10.5. The topological polar surface area (TPSA) is 46.6 Å². The summed E-state index contributed by atoms with van der Waals surface area (Å²) in [7, 11) is -1.66. The molecule has 140 valence electrons. The van der Waals surface area contributed by atoms with Gasteiger partial charge in [-0.25, -0.2) is 8.42 Å². The molecule has 0 unspecified atom stereocenters. The molecule has 0 spiro atoms. The minimum atomic E-state index is -3.29. The lowest BCUT2D eigenvalue weighted by Gasteiger charge is -2.23. The Balaban J connectivity index is 3.12. The van der Waals surface area contributed by atoms with Crippen molar-refractivity contribution in [2.24, 2.45) is 0 Å². The van der Waals surface area contributed by atoms with Gasteiger partial charge < -0.3 is 4.74 Å². The van der Waals surface area contributed by atoms with Crippen molar-refractivity contribution in [3.8, 4) is 0 Å². The Hall–Kier alpha value is -1.30. The van der Waals surface area contributed by atoms with Crippen LogP contribution in [0.25, 0.3) is 0 Å². The molecule has 4 nitrogen and oxygen atoms in total. The van der Waals surface area contributed by atoms with Gasteiger partial charge in [-0.1, -0.05) is 36.7 Å². The third-order valence-electron chi connectivity index (χ3n) is 3.78. The lowest BCUT2D eigenvalue weighted by atomic mass is 10.0. The summed E-state index contributed by atoms with van der Waals surface area (Å²) in [5.41, 5.74) is 2.74. The molecule has 0 aliphatic rings. The standard InChI is InChI=1S/C19H28ClNO3S/c1-5-9-18(20)11-8-10-16-12-13-19(14-17(16)15-24-4)21(6-2)25(22,23)7-3/h8-9,11-14H,5-7,10,15H2,1-4H3/b11-8-,18-9+. The molecule has 6 heteroatoms. The Labute approximate surface area is 157 Å². The maximum atomic E-state index is 12.3. The molecule has 25 heavy (non-hydrogen) atoms. The van der Waals surface area contributed by atoms with Gasteiger partial charge in [-0.3, -0.25) is 4.31 Å². The number of benzene rings is 1. The fraction of sp³-hybridized carbons (Fsp3) is 0.474. The predicted octanol–water partition coefficient (Wildman–Crippen LogP) is 4.64. The Morgan fingerprint density at radius 2 is 1.96 bits per heavy atom. The van der Waals surface area contributed by atoms with E-state index in [0.29, 0.717) is 25.3 Å². The first-order chi connectivity index (χ1) is 11.9. The van der Waals surface area contributed by atoms with E-state index in [0.717, 1.165) is 22.6 Å². The summed E-state index contributed by atoms with van der Waals surface area (Å²) in [6.07, 6.45) is 7.44. The second-order valence-corrected chi connectivity index (χ2v) is 8.17. The summed E-state index contributed by atoms with van der Waals surface area (Å²) in [6.45, 7) is 6.36. The summed E-state index contributed by atoms with van der Waals surface area (Å²) in [5, 5.41) is 0.721. The second-order valence-electron chi connectivity index (χ2n) is 5.56. The molecule has 0 heterocycles. The highest BCUT2D eigenvalue weighted by Crippen LogP contribution is 2.24. The van der Waals surface area contributed by atoms with E-state index in [-0.39, 0.29) is 5.75 Å². The van der Waals surface area contributed by atoms with Crippen molar-refractivity contribution in [3.63, 3.8) is 0 Å². The van der Waals surface area contributed by atoms with E-state index in [4.69, 9.17) is 16.3 Å². The molecular weight excluding hydrogens is 358 g/mol. The fourth-order valence-electron chi connectivity index (χ4n) is 2.51. The number of sulfonamides is 1. The van der Waals surface area contributed by atoms with Gasteiger partial charge in [0.15, 0.2) is 0 Å². The molecule has 0 N–H and O–H groups in total. The predicted molar refractivity (Wildman–Crippen MR) is 107 cm³/mol. The average Bonchev–Trinajstić information content (AvgIpc) is 2.57. The first-order valence-electron chi connectivity index (χ1n) is 8.52. The van der Waals surface area contributed by atoms with Gasteiger partial charge in [-0.2, -0.15) is 0 Å². The molecule has 1 aromatic carbocycles. The van der Waals surface area contributed by atoms with Crippen molar-refractivity contribution in [2.45, 2.75) is 40.2 Å². The summed E-state index contributed by atoms with van der Waals surface area (Å²) < 4.78 is 31.2. The highest BCUT2D eigenvalue weighted by Gasteiger charge is 2.19. The molecule has 0 fully saturated rings. The third kappa shape index (κ3) is 6.49. The lowest BCUT2D eigenvalue weighted by Crippen LogP contribution is -2.32. The Kier molecular flexibility index (Phi) is 9.25. The van der Waals surface area contributed by atoms with Crippen molar-refractivity contribution < 1.29 is 13.2 Å². The molecule has 0 saturated carbocycles. The van der Waals surface area contributed by atoms with E-state index in [9.17, 15) is 8.42 Å². The molecule has 0 bridgehead atoms. The lowest BCUT2D eigenvalue weighted by molar-refractivity contribution is 0.184. The molecular formula is C19H28ClNO3S. The molecule has 0 aromatic heterocycles. The average molecular weight is 386 g/mol. The van der Waals surface area contributed by atoms with Gasteiger partial charge in [-0.15, -0.1) is 0 Å². The number of methoxy groups -OCH3 is 1. The molecule has 0 radical (unpaired) electrons. The Bertz CT molecular complexity index is 711. The van der Waals surface area contributed by atoms with Gasteiger partial charge in [0.2, 0.25) is 10.0 Å². The van der Waals surface area contributed by atoms with Gasteiger partial charge in [0.25, 0.3) is 0 Å². The van der Waals surface area contributed by atoms with Crippen LogP contribution < -0.4 is 4.31 Å². The van der Waals surface area contributed by atoms with E-state index in [1.165, 1.54) is 4.31 Å². The molecule has 0 amide bonds. The number of rotatable bonds is 10. The number of hydrogen-bond donors (Lipinski definition) is 0. The van der Waals surface area contributed by atoms with Crippen LogP contribution in [0, 0.1) is 0 Å². The van der Waals surface area contributed by atoms with E-state index in [1.807, 2.05) is 50.3 Å². The number of halogens is 1. The molecule has 0 atom stereocenters. The van der Waals surface area contributed by atoms with Crippen LogP contribution in [0.5, 0.6) is 0 Å². The van der Waals surface area contributed by atoms with Gasteiger partial charge >= 0.3 is 0 Å². The van der Waals surface area contributed by atoms with Crippen LogP contribution in [-0.2, 0) is 27.8 Å². The van der Waals surface area contributed by atoms with Crippen LogP contribution in [-0.4, -0.2) is 27.8 Å². The van der Waals surface area contributed by atoms with E-state index in [1.54, 1.807) is 14.0 Å². The SMILES string of the molecule is CC/C=C(Cl)\C=C/Cc1ccc(N(CC)S(=O)(=O)CC)cc1COC. The molecule has 1 aromatic rings. The van der Waals surface area contributed by atoms with Gasteiger partial charge in [0.1, 0.15) is 0 Å². The number of nitrogens with zero attached hydrogens (tertiary/aromatic N) is 1. The molecule has 0 saturated heterocycles. The zero-order valence-corrected chi connectivity index (χ0v) is 17.0. The van der Waals surface area contributed by atoms with Crippen LogP contribution in [0.4, 0.5) is 5.69 Å². The smallest absolute Gasteiger partial charge is 0.234 e. The monoisotopic (exact) mass is 385 g/mol. The van der Waals surface area contributed by atoms with Crippen molar-refractivity contribution in [1.29, 1.82) is 0 Å². The Morgan fingerprint density at radius 1 is 1.24 bits per heavy atom. The quantitative estimate of drug-likeness (QED) is 0.551. The number of anilines is 1. The second kappa shape index (κ2) is 10.6. The van der Waals surface area contributed by atoms with E-state index < -0.39 is 10.0 Å². The number of ether oxygens (including phenoxy) is 1. The first kappa shape index (κ1) is 21.7. The zero-order chi connectivity index (χ0) is 18.9. The minimum Gasteiger partial charge on any atom is -0.380 e. The van der Waals surface area contributed by atoms with Gasteiger partial charge in [0, 0.05) is 18.7 Å². The normalized spacial score (nSPS) is 12.8. The Morgan fingerprint density at radius 3 is 2.52 bits per heavy atom. The van der Waals surface area contributed by atoms with Crippen LogP contribution >= 0.6 is 11.6 Å². The van der Waals surface area contributed by atoms with Crippen molar-refractivity contribution in [1.82, 2.24) is 0 Å². The van der Waals surface area contributed by atoms with E-state index >= 15 is 0 Å². The summed E-state index contributed by atoms with van der Waals surface area (Å²) in [5.74, 6) is 0.0766. The van der Waals surface area contributed by atoms with E-state index in [2.05, 4.69) is 0 Å². The third-order valence-corrected chi connectivity index (χ3v) is 5.93. The summed E-state index contributed by atoms with van der Waals surface area (Å²) >= 11 is 6.08. The van der Waals surface area contributed by atoms with Gasteiger partial charge in [-0.05, 0) is 56.0 Å². The molecule has 0 aliphatic heterocycles. The molecule has 0 aliphatic carbocycles. The zero-order valence-electron chi connectivity index (χ0n) is 15.5. The summed E-state index contributed by atoms with van der Waals surface area (Å²) in [4.78, 5) is 0. The van der Waals surface area contributed by atoms with Crippen LogP contribution in [0.15, 0.2) is 41.5 Å². The van der Waals surface area contributed by atoms with Crippen molar-refractivity contribution in [2.75, 3.05) is 23.7 Å². The highest BCUT2D eigenvalue weighted by atomic mass is 35.5. The molecule has 1 rings (SSSR count). The highest BCUT2D eigenvalue weighted by molar-refractivity contribution is 7.92. The van der Waals surface area contributed by atoms with Crippen LogP contribution in [0.3, 0.4) is 0 Å².